The Kier molecular flexibility index (Phi) is 4.71. The molecule has 0 spiro atoms. The summed E-state index contributed by atoms with van der Waals surface area (Å²) in [5.74, 6) is 0.108. The third kappa shape index (κ3) is 3.29. The number of hydrogen-bond acceptors (Lipinski definition) is 3. The van der Waals surface area contributed by atoms with Gasteiger partial charge in [-0.2, -0.15) is 0 Å². The summed E-state index contributed by atoms with van der Waals surface area (Å²) < 4.78 is 0. The van der Waals surface area contributed by atoms with Crippen molar-refractivity contribution < 1.29 is 14.7 Å². The molecule has 0 bridgehead atoms. The predicted molar refractivity (Wildman–Crippen MR) is 86.9 cm³/mol. The number of aryl methyl sites for hydroxylation is 1. The first-order valence-corrected chi connectivity index (χ1v) is 8.92. The number of fused-ring (bicyclic) bond motifs is 1. The lowest BCUT2D eigenvalue weighted by Gasteiger charge is -2.30. The van der Waals surface area contributed by atoms with Gasteiger partial charge in [0.2, 0.25) is 5.91 Å². The lowest BCUT2D eigenvalue weighted by molar-refractivity contribution is -0.142. The topological polar surface area (TPSA) is 66.4 Å². The van der Waals surface area contributed by atoms with Crippen LogP contribution in [0.25, 0.3) is 0 Å². The van der Waals surface area contributed by atoms with Gasteiger partial charge in [0.15, 0.2) is 0 Å². The van der Waals surface area contributed by atoms with Crippen LogP contribution < -0.4 is 5.32 Å². The van der Waals surface area contributed by atoms with Crippen molar-refractivity contribution in [3.8, 4) is 0 Å². The normalized spacial score (nSPS) is 27.7. The van der Waals surface area contributed by atoms with Crippen molar-refractivity contribution in [2.45, 2.75) is 43.4 Å². The second kappa shape index (κ2) is 6.73. The molecule has 1 amide bonds. The fourth-order valence-corrected chi connectivity index (χ4v) is 4.58. The molecule has 3 rings (SSSR count). The summed E-state index contributed by atoms with van der Waals surface area (Å²) in [7, 11) is 0. The van der Waals surface area contributed by atoms with Gasteiger partial charge >= 0.3 is 5.97 Å². The van der Waals surface area contributed by atoms with Crippen molar-refractivity contribution >= 4 is 23.6 Å². The Morgan fingerprint density at radius 2 is 1.86 bits per heavy atom. The van der Waals surface area contributed by atoms with E-state index in [9.17, 15) is 9.59 Å². The molecule has 0 radical (unpaired) electrons. The van der Waals surface area contributed by atoms with E-state index < -0.39 is 5.97 Å². The molecule has 1 aliphatic heterocycles. The highest BCUT2D eigenvalue weighted by Crippen LogP contribution is 2.37. The summed E-state index contributed by atoms with van der Waals surface area (Å²) in [6, 6.07) is 8.29. The quantitative estimate of drug-likeness (QED) is 0.899. The summed E-state index contributed by atoms with van der Waals surface area (Å²) in [6.45, 7) is 0. The Balaban J connectivity index is 1.61. The standard InChI is InChI=1S/C17H21NO3S/c19-16(18-13-7-5-12(6-8-13)17(20)21)15-14-4-2-1-3-11(14)9-10-22-15/h1-4,12-13,15H,5-10H2,(H,18,19)(H,20,21). The smallest absolute Gasteiger partial charge is 0.306 e. The Morgan fingerprint density at radius 1 is 1.14 bits per heavy atom. The van der Waals surface area contributed by atoms with Gasteiger partial charge in [-0.25, -0.2) is 0 Å². The highest BCUT2D eigenvalue weighted by Gasteiger charge is 2.31. The number of carbonyl (C=O) groups is 2. The molecule has 1 aromatic rings. The number of benzene rings is 1. The number of carbonyl (C=O) groups excluding carboxylic acids is 1. The van der Waals surface area contributed by atoms with Crippen LogP contribution in [0.5, 0.6) is 0 Å². The summed E-state index contributed by atoms with van der Waals surface area (Å²) in [5.41, 5.74) is 2.41. The first-order chi connectivity index (χ1) is 10.6. The lowest BCUT2D eigenvalue weighted by Crippen LogP contribution is -2.41. The van der Waals surface area contributed by atoms with E-state index in [4.69, 9.17) is 5.11 Å². The Morgan fingerprint density at radius 3 is 2.59 bits per heavy atom. The maximum atomic E-state index is 12.6. The van der Waals surface area contributed by atoms with Crippen molar-refractivity contribution in [3.63, 3.8) is 0 Å². The van der Waals surface area contributed by atoms with Crippen LogP contribution in [-0.2, 0) is 16.0 Å². The first kappa shape index (κ1) is 15.4. The minimum absolute atomic E-state index is 0.0796. The van der Waals surface area contributed by atoms with Crippen molar-refractivity contribution in [1.29, 1.82) is 0 Å². The molecule has 2 aliphatic rings. The van der Waals surface area contributed by atoms with Gasteiger partial charge in [0, 0.05) is 6.04 Å². The Bertz CT molecular complexity index is 567. The number of amides is 1. The molecule has 1 aliphatic carbocycles. The van der Waals surface area contributed by atoms with E-state index in [1.54, 1.807) is 11.8 Å². The minimum atomic E-state index is -0.707. The molecule has 118 valence electrons. The fraction of sp³-hybridized carbons (Fsp3) is 0.529. The molecule has 1 aromatic carbocycles. The van der Waals surface area contributed by atoms with E-state index in [-0.39, 0.29) is 23.1 Å². The van der Waals surface area contributed by atoms with E-state index in [2.05, 4.69) is 11.4 Å². The summed E-state index contributed by atoms with van der Waals surface area (Å²) in [6.07, 6.45) is 3.88. The van der Waals surface area contributed by atoms with E-state index >= 15 is 0 Å². The molecular formula is C17H21NO3S. The molecule has 1 fully saturated rings. The van der Waals surface area contributed by atoms with Gasteiger partial charge in [0.05, 0.1) is 5.92 Å². The van der Waals surface area contributed by atoms with Crippen LogP contribution in [0.3, 0.4) is 0 Å². The number of thioether (sulfide) groups is 1. The number of aliphatic carboxylic acids is 1. The second-order valence-corrected chi connectivity index (χ2v) is 7.31. The van der Waals surface area contributed by atoms with Crippen LogP contribution in [0.15, 0.2) is 24.3 Å². The van der Waals surface area contributed by atoms with E-state index in [0.717, 1.165) is 30.6 Å². The SMILES string of the molecule is O=C(O)C1CCC(NC(=O)C2SCCc3ccccc32)CC1. The predicted octanol–water partition coefficient (Wildman–Crippen LogP) is 2.78. The summed E-state index contributed by atoms with van der Waals surface area (Å²) in [5, 5.41) is 12.0. The lowest BCUT2D eigenvalue weighted by atomic mass is 9.86. The van der Waals surface area contributed by atoms with Crippen LogP contribution in [0, 0.1) is 5.92 Å². The Hall–Kier alpha value is -1.49. The number of rotatable bonds is 3. The average molecular weight is 319 g/mol. The van der Waals surface area contributed by atoms with Crippen molar-refractivity contribution in [2.75, 3.05) is 5.75 Å². The molecule has 1 atom stereocenters. The molecule has 4 nitrogen and oxygen atoms in total. The molecule has 0 saturated heterocycles. The van der Waals surface area contributed by atoms with Crippen LogP contribution in [0.1, 0.15) is 42.1 Å². The van der Waals surface area contributed by atoms with Crippen molar-refractivity contribution in [3.05, 3.63) is 35.4 Å². The van der Waals surface area contributed by atoms with Gasteiger partial charge in [-0.1, -0.05) is 24.3 Å². The summed E-state index contributed by atoms with van der Waals surface area (Å²) >= 11 is 1.70. The molecule has 5 heteroatoms. The highest BCUT2D eigenvalue weighted by molar-refractivity contribution is 8.00. The summed E-state index contributed by atoms with van der Waals surface area (Å²) in [4.78, 5) is 23.6. The van der Waals surface area contributed by atoms with E-state index in [1.165, 1.54) is 5.56 Å². The Labute approximate surface area is 134 Å². The third-order valence-electron chi connectivity index (χ3n) is 4.65. The second-order valence-electron chi connectivity index (χ2n) is 6.10. The number of nitrogens with one attached hydrogen (secondary N) is 1. The first-order valence-electron chi connectivity index (χ1n) is 7.87. The van der Waals surface area contributed by atoms with Crippen LogP contribution in [-0.4, -0.2) is 28.8 Å². The molecular weight excluding hydrogens is 298 g/mol. The van der Waals surface area contributed by atoms with E-state index in [0.29, 0.717) is 12.8 Å². The van der Waals surface area contributed by atoms with Gasteiger partial charge < -0.3 is 10.4 Å². The minimum Gasteiger partial charge on any atom is -0.481 e. The van der Waals surface area contributed by atoms with Gasteiger partial charge in [0.1, 0.15) is 5.25 Å². The number of hydrogen-bond donors (Lipinski definition) is 2. The maximum Gasteiger partial charge on any atom is 0.306 e. The molecule has 1 heterocycles. The van der Waals surface area contributed by atoms with Gasteiger partial charge in [-0.15, -0.1) is 11.8 Å². The van der Waals surface area contributed by atoms with E-state index in [1.807, 2.05) is 18.2 Å². The zero-order valence-electron chi connectivity index (χ0n) is 12.5. The zero-order chi connectivity index (χ0) is 15.5. The largest absolute Gasteiger partial charge is 0.481 e. The molecule has 1 saturated carbocycles. The number of carboxylic acid groups (broad SMARTS) is 1. The average Bonchev–Trinajstić information content (AvgIpc) is 2.54. The maximum absolute atomic E-state index is 12.6. The van der Waals surface area contributed by atoms with Crippen molar-refractivity contribution in [2.24, 2.45) is 5.92 Å². The van der Waals surface area contributed by atoms with Crippen LogP contribution in [0.4, 0.5) is 0 Å². The van der Waals surface area contributed by atoms with Crippen LogP contribution in [0.2, 0.25) is 0 Å². The zero-order valence-corrected chi connectivity index (χ0v) is 13.3. The van der Waals surface area contributed by atoms with Crippen molar-refractivity contribution in [1.82, 2.24) is 5.32 Å². The highest BCUT2D eigenvalue weighted by atomic mass is 32.2. The van der Waals surface area contributed by atoms with Gasteiger partial charge in [0.25, 0.3) is 0 Å². The number of carboxylic acids is 1. The molecule has 2 N–H and O–H groups in total. The molecule has 1 unspecified atom stereocenters. The third-order valence-corrected chi connectivity index (χ3v) is 5.90. The van der Waals surface area contributed by atoms with Gasteiger partial charge in [-0.05, 0) is 49.0 Å². The molecule has 22 heavy (non-hydrogen) atoms. The molecule has 0 aromatic heterocycles. The fourth-order valence-electron chi connectivity index (χ4n) is 3.37. The monoisotopic (exact) mass is 319 g/mol. The van der Waals surface area contributed by atoms with Crippen LogP contribution >= 0.6 is 11.8 Å². The van der Waals surface area contributed by atoms with Gasteiger partial charge in [-0.3, -0.25) is 9.59 Å².